The van der Waals surface area contributed by atoms with Crippen LogP contribution in [0.5, 0.6) is 0 Å². The molecule has 2 aliphatic rings. The molecule has 6 nitrogen and oxygen atoms in total. The second-order valence-electron chi connectivity index (χ2n) is 6.39. The van der Waals surface area contributed by atoms with Crippen LogP contribution in [-0.4, -0.2) is 60.2 Å². The Balaban J connectivity index is 1.81. The van der Waals surface area contributed by atoms with E-state index in [4.69, 9.17) is 16.3 Å². The number of hydrogen-bond acceptors (Lipinski definition) is 5. The Morgan fingerprint density at radius 1 is 1.14 bits per heavy atom. The van der Waals surface area contributed by atoms with Gasteiger partial charge in [0.2, 0.25) is 0 Å². The average Bonchev–Trinajstić information content (AvgIpc) is 2.89. The largest absolute Gasteiger partial charge is 0.409 e. The maximum absolute atomic E-state index is 14.5. The Bertz CT molecular complexity index is 984. The number of benzene rings is 2. The van der Waals surface area contributed by atoms with Crippen molar-refractivity contribution in [2.45, 2.75) is 0 Å². The van der Waals surface area contributed by atoms with Gasteiger partial charge in [0.15, 0.2) is 5.84 Å². The zero-order valence-corrected chi connectivity index (χ0v) is 15.7. The topological polar surface area (TPSA) is 69.8 Å². The number of hydrogen-bond donors (Lipinski definition) is 1. The third-order valence-electron chi connectivity index (χ3n) is 4.65. The van der Waals surface area contributed by atoms with E-state index in [1.165, 1.54) is 6.07 Å². The van der Waals surface area contributed by atoms with Crippen molar-refractivity contribution in [2.75, 3.05) is 32.8 Å². The Hall–Kier alpha value is -2.77. The van der Waals surface area contributed by atoms with Gasteiger partial charge in [0.05, 0.1) is 31.2 Å². The van der Waals surface area contributed by atoms with Gasteiger partial charge in [-0.2, -0.15) is 0 Å². The fourth-order valence-corrected chi connectivity index (χ4v) is 3.47. The van der Waals surface area contributed by atoms with Gasteiger partial charge in [-0.15, -0.1) is 0 Å². The van der Waals surface area contributed by atoms with Crippen molar-refractivity contribution in [1.29, 1.82) is 0 Å². The monoisotopic (exact) mass is 400 g/mol. The number of oxime groups is 1. The molecule has 28 heavy (non-hydrogen) atoms. The molecular formula is C20H18ClFN4O2. The molecule has 0 atom stereocenters. The van der Waals surface area contributed by atoms with Crippen molar-refractivity contribution in [1.82, 2.24) is 4.90 Å². The molecule has 1 fully saturated rings. The molecule has 0 spiro atoms. The standard InChI is InChI=1S/C20H18ClFN4O2/c21-13-5-6-17-15(11-13)19(14-3-1-2-4-16(14)22)23-12-18(24-17)20(25-27)26-7-9-28-10-8-26/h1-6,11,27H,7-10,12H2/b25-20+. The molecule has 1 saturated heterocycles. The summed E-state index contributed by atoms with van der Waals surface area (Å²) < 4.78 is 19.8. The smallest absolute Gasteiger partial charge is 0.191 e. The summed E-state index contributed by atoms with van der Waals surface area (Å²) in [5.74, 6) is -0.0254. The van der Waals surface area contributed by atoms with Gasteiger partial charge in [0, 0.05) is 29.2 Å². The third-order valence-corrected chi connectivity index (χ3v) is 4.88. The molecule has 0 amide bonds. The van der Waals surface area contributed by atoms with Crippen molar-refractivity contribution in [3.05, 3.63) is 64.4 Å². The molecule has 1 N–H and O–H groups in total. The first-order chi connectivity index (χ1) is 13.7. The molecule has 4 rings (SSSR count). The molecule has 0 aliphatic carbocycles. The number of fused-ring (bicyclic) bond motifs is 1. The Morgan fingerprint density at radius 3 is 2.68 bits per heavy atom. The normalized spacial score (nSPS) is 17.5. The molecule has 2 aromatic carbocycles. The lowest BCUT2D eigenvalue weighted by molar-refractivity contribution is 0.0674. The SMILES string of the molecule is O/N=C(\C1=Nc2ccc(Cl)cc2C(c2ccccc2F)=NC1)N1CCOCC1. The predicted molar refractivity (Wildman–Crippen MR) is 107 cm³/mol. The lowest BCUT2D eigenvalue weighted by atomic mass is 10.0. The van der Waals surface area contributed by atoms with Gasteiger partial charge in [-0.1, -0.05) is 28.9 Å². The van der Waals surface area contributed by atoms with Gasteiger partial charge < -0.3 is 14.8 Å². The molecule has 8 heteroatoms. The second-order valence-corrected chi connectivity index (χ2v) is 6.82. The highest BCUT2D eigenvalue weighted by Gasteiger charge is 2.25. The zero-order chi connectivity index (χ0) is 19.5. The summed E-state index contributed by atoms with van der Waals surface area (Å²) in [5.41, 5.74) is 2.56. The van der Waals surface area contributed by atoms with Gasteiger partial charge in [-0.25, -0.2) is 9.38 Å². The van der Waals surface area contributed by atoms with E-state index < -0.39 is 0 Å². The minimum Gasteiger partial charge on any atom is -0.409 e. The van der Waals surface area contributed by atoms with E-state index in [2.05, 4.69) is 15.1 Å². The quantitative estimate of drug-likeness (QED) is 0.363. The molecule has 0 saturated carbocycles. The molecule has 0 radical (unpaired) electrons. The Labute approximate surface area is 166 Å². The number of morpholine rings is 1. The van der Waals surface area contributed by atoms with Gasteiger partial charge in [0.25, 0.3) is 0 Å². The second kappa shape index (κ2) is 8.08. The molecule has 144 valence electrons. The van der Waals surface area contributed by atoms with Crippen molar-refractivity contribution >= 4 is 34.5 Å². The van der Waals surface area contributed by atoms with Crippen LogP contribution < -0.4 is 0 Å². The molecule has 2 aliphatic heterocycles. The number of amidine groups is 1. The van der Waals surface area contributed by atoms with Crippen molar-refractivity contribution in [3.63, 3.8) is 0 Å². The molecule has 2 heterocycles. The minimum absolute atomic E-state index is 0.146. The Kier molecular flexibility index (Phi) is 5.36. The summed E-state index contributed by atoms with van der Waals surface area (Å²) in [5, 5.41) is 13.6. The fourth-order valence-electron chi connectivity index (χ4n) is 3.30. The van der Waals surface area contributed by atoms with Gasteiger partial charge >= 0.3 is 0 Å². The van der Waals surface area contributed by atoms with Crippen LogP contribution in [0.25, 0.3) is 0 Å². The van der Waals surface area contributed by atoms with E-state index in [9.17, 15) is 9.60 Å². The maximum atomic E-state index is 14.5. The molecule has 2 aromatic rings. The van der Waals surface area contributed by atoms with E-state index in [1.54, 1.807) is 36.4 Å². The zero-order valence-electron chi connectivity index (χ0n) is 15.0. The van der Waals surface area contributed by atoms with Crippen LogP contribution >= 0.6 is 11.6 Å². The number of ether oxygens (including phenoxy) is 1. The summed E-state index contributed by atoms with van der Waals surface area (Å²) in [6.07, 6.45) is 0. The highest BCUT2D eigenvalue weighted by molar-refractivity contribution is 6.43. The highest BCUT2D eigenvalue weighted by atomic mass is 35.5. The number of nitrogens with zero attached hydrogens (tertiary/aromatic N) is 4. The first kappa shape index (κ1) is 18.6. The third kappa shape index (κ3) is 3.63. The van der Waals surface area contributed by atoms with Crippen molar-refractivity contribution in [2.24, 2.45) is 15.1 Å². The maximum Gasteiger partial charge on any atom is 0.191 e. The van der Waals surface area contributed by atoms with Crippen LogP contribution in [-0.2, 0) is 4.74 Å². The van der Waals surface area contributed by atoms with Crippen LogP contribution in [0, 0.1) is 5.82 Å². The van der Waals surface area contributed by atoms with Crippen molar-refractivity contribution in [3.8, 4) is 0 Å². The van der Waals surface area contributed by atoms with Gasteiger partial charge in [-0.3, -0.25) is 4.99 Å². The molecular weight excluding hydrogens is 383 g/mol. The molecule has 0 unspecified atom stereocenters. The molecule has 0 bridgehead atoms. The first-order valence-electron chi connectivity index (χ1n) is 8.89. The Morgan fingerprint density at radius 2 is 1.93 bits per heavy atom. The summed E-state index contributed by atoms with van der Waals surface area (Å²) in [6, 6.07) is 11.6. The van der Waals surface area contributed by atoms with Crippen LogP contribution in [0.15, 0.2) is 57.6 Å². The number of aliphatic imine (C=N–C) groups is 2. The van der Waals surface area contributed by atoms with E-state index >= 15 is 0 Å². The number of rotatable bonds is 2. The lowest BCUT2D eigenvalue weighted by Crippen LogP contribution is -2.44. The van der Waals surface area contributed by atoms with Gasteiger partial charge in [0.1, 0.15) is 11.5 Å². The summed E-state index contributed by atoms with van der Waals surface area (Å²) >= 11 is 6.19. The highest BCUT2D eigenvalue weighted by Crippen LogP contribution is 2.29. The van der Waals surface area contributed by atoms with E-state index in [1.807, 2.05) is 4.90 Å². The summed E-state index contributed by atoms with van der Waals surface area (Å²) in [7, 11) is 0. The van der Waals surface area contributed by atoms with E-state index in [0.717, 1.165) is 0 Å². The number of halogens is 2. The van der Waals surface area contributed by atoms with Crippen LogP contribution in [0.3, 0.4) is 0 Å². The average molecular weight is 401 g/mol. The lowest BCUT2D eigenvalue weighted by Gasteiger charge is -2.29. The fraction of sp³-hybridized carbons (Fsp3) is 0.250. The van der Waals surface area contributed by atoms with Crippen LogP contribution in [0.1, 0.15) is 11.1 Å². The van der Waals surface area contributed by atoms with Crippen LogP contribution in [0.4, 0.5) is 10.1 Å². The van der Waals surface area contributed by atoms with Crippen molar-refractivity contribution < 1.29 is 14.3 Å². The van der Waals surface area contributed by atoms with E-state index in [0.29, 0.717) is 65.4 Å². The first-order valence-corrected chi connectivity index (χ1v) is 9.27. The van der Waals surface area contributed by atoms with Gasteiger partial charge in [-0.05, 0) is 30.3 Å². The van der Waals surface area contributed by atoms with E-state index in [-0.39, 0.29) is 12.4 Å². The van der Waals surface area contributed by atoms with Crippen LogP contribution in [0.2, 0.25) is 5.02 Å². The summed E-state index contributed by atoms with van der Waals surface area (Å²) in [4.78, 5) is 11.2. The minimum atomic E-state index is -0.375. The summed E-state index contributed by atoms with van der Waals surface area (Å²) in [6.45, 7) is 2.42. The molecule has 0 aromatic heterocycles. The predicted octanol–water partition coefficient (Wildman–Crippen LogP) is 3.52.